The van der Waals surface area contributed by atoms with E-state index < -0.39 is 11.5 Å². The lowest BCUT2D eigenvalue weighted by Crippen LogP contribution is -2.58. The van der Waals surface area contributed by atoms with E-state index in [0.717, 1.165) is 12.0 Å². The summed E-state index contributed by atoms with van der Waals surface area (Å²) in [5.74, 6) is -1.29. The Morgan fingerprint density at radius 1 is 1.38 bits per heavy atom. The first-order valence-electron chi connectivity index (χ1n) is 7.09. The maximum atomic E-state index is 13.3. The van der Waals surface area contributed by atoms with Crippen LogP contribution in [0.25, 0.3) is 0 Å². The molecule has 0 unspecified atom stereocenters. The molecule has 1 fully saturated rings. The maximum absolute atomic E-state index is 13.3. The highest BCUT2D eigenvalue weighted by Gasteiger charge is 2.42. The number of urea groups is 1. The predicted molar refractivity (Wildman–Crippen MR) is 74.8 cm³/mol. The van der Waals surface area contributed by atoms with Crippen LogP contribution < -0.4 is 10.2 Å². The van der Waals surface area contributed by atoms with Crippen molar-refractivity contribution in [1.82, 2.24) is 5.32 Å². The molecule has 0 spiro atoms. The van der Waals surface area contributed by atoms with E-state index in [2.05, 4.69) is 5.32 Å². The Morgan fingerprint density at radius 3 is 2.76 bits per heavy atom. The number of hydrogen-bond donors (Lipinski definition) is 2. The molecule has 5 nitrogen and oxygen atoms in total. The van der Waals surface area contributed by atoms with Gasteiger partial charge in [0, 0.05) is 6.54 Å². The Balaban J connectivity index is 1.75. The van der Waals surface area contributed by atoms with Crippen LogP contribution in [0.4, 0.5) is 14.9 Å². The van der Waals surface area contributed by atoms with Crippen molar-refractivity contribution in [1.29, 1.82) is 0 Å². The number of carboxylic acids is 1. The highest BCUT2D eigenvalue weighted by atomic mass is 19.1. The van der Waals surface area contributed by atoms with Crippen molar-refractivity contribution in [2.45, 2.75) is 37.6 Å². The maximum Gasteiger partial charge on any atom is 0.322 e. The largest absolute Gasteiger partial charge is 0.481 e. The summed E-state index contributed by atoms with van der Waals surface area (Å²) in [5, 5.41) is 11.8. The van der Waals surface area contributed by atoms with Crippen LogP contribution in [-0.4, -0.2) is 29.2 Å². The van der Waals surface area contributed by atoms with Gasteiger partial charge in [-0.25, -0.2) is 9.18 Å². The third-order valence-electron chi connectivity index (χ3n) is 4.36. The van der Waals surface area contributed by atoms with Gasteiger partial charge in [0.05, 0.1) is 17.6 Å². The second-order valence-corrected chi connectivity index (χ2v) is 5.81. The molecule has 2 aliphatic rings. The summed E-state index contributed by atoms with van der Waals surface area (Å²) in [5.41, 5.74) is 0.878. The minimum Gasteiger partial charge on any atom is -0.481 e. The highest BCUT2D eigenvalue weighted by Crippen LogP contribution is 2.36. The lowest BCUT2D eigenvalue weighted by molar-refractivity contribution is -0.139. The zero-order chi connectivity index (χ0) is 15.0. The Bertz CT molecular complexity index is 599. The molecule has 0 bridgehead atoms. The fourth-order valence-corrected chi connectivity index (χ4v) is 3.10. The molecule has 1 heterocycles. The number of anilines is 1. The van der Waals surface area contributed by atoms with Crippen LogP contribution in [0.2, 0.25) is 0 Å². The first kappa shape index (κ1) is 13.9. The number of nitrogens with zero attached hydrogens (tertiary/aromatic N) is 1. The molecule has 3 rings (SSSR count). The summed E-state index contributed by atoms with van der Waals surface area (Å²) in [7, 11) is 0. The molecule has 1 aliphatic carbocycles. The van der Waals surface area contributed by atoms with E-state index in [1.807, 2.05) is 0 Å². The van der Waals surface area contributed by atoms with Gasteiger partial charge in [0.25, 0.3) is 0 Å². The van der Waals surface area contributed by atoms with E-state index in [1.165, 1.54) is 17.0 Å². The summed E-state index contributed by atoms with van der Waals surface area (Å²) in [4.78, 5) is 24.8. The van der Waals surface area contributed by atoms with Crippen LogP contribution in [0.15, 0.2) is 18.2 Å². The summed E-state index contributed by atoms with van der Waals surface area (Å²) >= 11 is 0. The Hall–Kier alpha value is -2.11. The topological polar surface area (TPSA) is 69.6 Å². The number of rotatable bonds is 3. The smallest absolute Gasteiger partial charge is 0.322 e. The van der Waals surface area contributed by atoms with Crippen LogP contribution in [-0.2, 0) is 11.2 Å². The van der Waals surface area contributed by atoms with Gasteiger partial charge in [-0.2, -0.15) is 0 Å². The van der Waals surface area contributed by atoms with Crippen molar-refractivity contribution >= 4 is 17.7 Å². The van der Waals surface area contributed by atoms with Crippen LogP contribution in [0.5, 0.6) is 0 Å². The summed E-state index contributed by atoms with van der Waals surface area (Å²) < 4.78 is 13.3. The first-order chi connectivity index (χ1) is 9.99. The third kappa shape index (κ3) is 2.57. The quantitative estimate of drug-likeness (QED) is 0.898. The molecule has 2 N–H and O–H groups in total. The fourth-order valence-electron chi connectivity index (χ4n) is 3.10. The zero-order valence-electron chi connectivity index (χ0n) is 11.6. The molecule has 1 aromatic carbocycles. The number of carbonyl (C=O) groups is 2. The predicted octanol–water partition coefficient (Wildman–Crippen LogP) is 2.30. The van der Waals surface area contributed by atoms with Crippen molar-refractivity contribution in [3.8, 4) is 0 Å². The second-order valence-electron chi connectivity index (χ2n) is 5.81. The summed E-state index contributed by atoms with van der Waals surface area (Å²) in [6.45, 7) is 0.494. The number of benzene rings is 1. The van der Waals surface area contributed by atoms with E-state index in [1.54, 1.807) is 6.07 Å². The molecular formula is C15H17FN2O3. The van der Waals surface area contributed by atoms with Gasteiger partial charge in [0.2, 0.25) is 0 Å². The Morgan fingerprint density at radius 2 is 2.14 bits per heavy atom. The minimum absolute atomic E-state index is 0.0669. The first-order valence-corrected chi connectivity index (χ1v) is 7.09. The Kier molecular flexibility index (Phi) is 3.31. The lowest BCUT2D eigenvalue weighted by Gasteiger charge is -2.42. The van der Waals surface area contributed by atoms with Crippen molar-refractivity contribution in [2.24, 2.45) is 0 Å². The van der Waals surface area contributed by atoms with Crippen LogP contribution in [0, 0.1) is 5.82 Å². The van der Waals surface area contributed by atoms with E-state index >= 15 is 0 Å². The van der Waals surface area contributed by atoms with Gasteiger partial charge in [0.1, 0.15) is 5.82 Å². The van der Waals surface area contributed by atoms with Crippen molar-refractivity contribution in [3.05, 3.63) is 29.6 Å². The SMILES string of the molecule is O=C(O)CC1(NC(=O)N2CCc3ccc(F)cc32)CCC1. The number of amides is 2. The Labute approximate surface area is 121 Å². The number of carbonyl (C=O) groups excluding carboxylic acids is 1. The van der Waals surface area contributed by atoms with Gasteiger partial charge in [-0.05, 0) is 43.4 Å². The van der Waals surface area contributed by atoms with Gasteiger partial charge in [-0.3, -0.25) is 9.69 Å². The van der Waals surface area contributed by atoms with E-state index in [0.29, 0.717) is 31.5 Å². The number of aliphatic carboxylic acids is 1. The van der Waals surface area contributed by atoms with Crippen LogP contribution >= 0.6 is 0 Å². The van der Waals surface area contributed by atoms with E-state index in [9.17, 15) is 14.0 Å². The second kappa shape index (κ2) is 5.02. The number of hydrogen-bond acceptors (Lipinski definition) is 2. The van der Waals surface area contributed by atoms with Crippen molar-refractivity contribution < 1.29 is 19.1 Å². The fraction of sp³-hybridized carbons (Fsp3) is 0.467. The average Bonchev–Trinajstić information content (AvgIpc) is 2.78. The minimum atomic E-state index is -0.914. The number of halogens is 1. The average molecular weight is 292 g/mol. The molecule has 1 aliphatic heterocycles. The molecule has 0 radical (unpaired) electrons. The molecule has 112 valence electrons. The molecule has 6 heteroatoms. The molecular weight excluding hydrogens is 275 g/mol. The van der Waals surface area contributed by atoms with Crippen molar-refractivity contribution in [2.75, 3.05) is 11.4 Å². The van der Waals surface area contributed by atoms with Crippen molar-refractivity contribution in [3.63, 3.8) is 0 Å². The molecule has 0 atom stereocenters. The molecule has 0 aromatic heterocycles. The standard InChI is InChI=1S/C15H17FN2O3/c16-11-3-2-10-4-7-18(12(10)8-11)14(21)17-15(5-1-6-15)9-13(19)20/h2-3,8H,1,4-7,9H2,(H,17,21)(H,19,20). The van der Waals surface area contributed by atoms with Crippen LogP contribution in [0.1, 0.15) is 31.2 Å². The molecule has 1 saturated carbocycles. The van der Waals surface area contributed by atoms with E-state index in [4.69, 9.17) is 5.11 Å². The summed E-state index contributed by atoms with van der Waals surface area (Å²) in [6.07, 6.45) is 2.89. The summed E-state index contributed by atoms with van der Waals surface area (Å²) in [6, 6.07) is 4.10. The number of carboxylic acid groups (broad SMARTS) is 1. The number of nitrogens with one attached hydrogen (secondary N) is 1. The molecule has 2 amide bonds. The van der Waals surface area contributed by atoms with E-state index in [-0.39, 0.29) is 18.3 Å². The third-order valence-corrected chi connectivity index (χ3v) is 4.36. The molecule has 0 saturated heterocycles. The van der Waals surface area contributed by atoms with Gasteiger partial charge in [0.15, 0.2) is 0 Å². The van der Waals surface area contributed by atoms with Gasteiger partial charge >= 0.3 is 12.0 Å². The van der Waals surface area contributed by atoms with Gasteiger partial charge in [-0.15, -0.1) is 0 Å². The number of fused-ring (bicyclic) bond motifs is 1. The molecule has 1 aromatic rings. The highest BCUT2D eigenvalue weighted by molar-refractivity contribution is 5.95. The monoisotopic (exact) mass is 292 g/mol. The van der Waals surface area contributed by atoms with Gasteiger partial charge in [-0.1, -0.05) is 6.07 Å². The lowest BCUT2D eigenvalue weighted by atomic mass is 9.74. The van der Waals surface area contributed by atoms with Gasteiger partial charge < -0.3 is 10.4 Å². The molecule has 21 heavy (non-hydrogen) atoms. The normalized spacial score (nSPS) is 18.8. The zero-order valence-corrected chi connectivity index (χ0v) is 11.6. The van der Waals surface area contributed by atoms with Crippen LogP contribution in [0.3, 0.4) is 0 Å².